The van der Waals surface area contributed by atoms with Crippen LogP contribution in [0.2, 0.25) is 0 Å². The number of imidazole rings is 1. The summed E-state index contributed by atoms with van der Waals surface area (Å²) in [7, 11) is 1.97. The highest BCUT2D eigenvalue weighted by Gasteiger charge is 2.28. The number of hydrogen-bond acceptors (Lipinski definition) is 3. The van der Waals surface area contributed by atoms with Crippen molar-refractivity contribution in [1.29, 1.82) is 0 Å². The van der Waals surface area contributed by atoms with Crippen LogP contribution in [0.4, 0.5) is 0 Å². The Labute approximate surface area is 120 Å². The van der Waals surface area contributed by atoms with Crippen LogP contribution in [0.3, 0.4) is 0 Å². The molecule has 0 saturated heterocycles. The molecule has 1 aliphatic rings. The van der Waals surface area contributed by atoms with Crippen molar-refractivity contribution in [2.24, 2.45) is 7.05 Å². The zero-order valence-electron chi connectivity index (χ0n) is 13.0. The lowest BCUT2D eigenvalue weighted by Crippen LogP contribution is -2.25. The minimum absolute atomic E-state index is 0.0135. The van der Waals surface area contributed by atoms with Gasteiger partial charge in [0.1, 0.15) is 5.82 Å². The van der Waals surface area contributed by atoms with Crippen molar-refractivity contribution < 1.29 is 0 Å². The fourth-order valence-corrected chi connectivity index (χ4v) is 2.88. The average Bonchev–Trinajstić information content (AvgIpc) is 2.88. The maximum absolute atomic E-state index is 4.91. The van der Waals surface area contributed by atoms with Crippen molar-refractivity contribution in [3.63, 3.8) is 0 Å². The van der Waals surface area contributed by atoms with Gasteiger partial charge in [-0.15, -0.1) is 0 Å². The summed E-state index contributed by atoms with van der Waals surface area (Å²) < 4.78 is 4.21. The van der Waals surface area contributed by atoms with E-state index in [-0.39, 0.29) is 5.41 Å². The van der Waals surface area contributed by atoms with Gasteiger partial charge in [0.05, 0.1) is 17.1 Å². The average molecular weight is 273 g/mol. The van der Waals surface area contributed by atoms with E-state index in [1.807, 2.05) is 11.7 Å². The van der Waals surface area contributed by atoms with Crippen molar-refractivity contribution in [3.05, 3.63) is 29.1 Å². The van der Waals surface area contributed by atoms with Gasteiger partial charge in [-0.2, -0.15) is 5.10 Å². The van der Waals surface area contributed by atoms with Crippen molar-refractivity contribution in [3.8, 4) is 5.69 Å². The van der Waals surface area contributed by atoms with Crippen LogP contribution in [0.5, 0.6) is 0 Å². The minimum Gasteiger partial charge on any atom is -0.311 e. The largest absolute Gasteiger partial charge is 0.311 e. The van der Waals surface area contributed by atoms with Gasteiger partial charge in [0, 0.05) is 43.9 Å². The molecule has 0 radical (unpaired) electrons. The zero-order chi connectivity index (χ0) is 14.5. The highest BCUT2D eigenvalue weighted by Crippen LogP contribution is 2.30. The van der Waals surface area contributed by atoms with Gasteiger partial charge >= 0.3 is 0 Å². The van der Waals surface area contributed by atoms with Gasteiger partial charge < -0.3 is 5.32 Å². The molecule has 2 aromatic heterocycles. The molecule has 20 heavy (non-hydrogen) atoms. The van der Waals surface area contributed by atoms with Crippen LogP contribution in [0.15, 0.2) is 6.20 Å². The maximum atomic E-state index is 4.91. The lowest BCUT2D eigenvalue weighted by molar-refractivity contribution is 0.532. The molecule has 1 N–H and O–H groups in total. The third kappa shape index (κ3) is 2.06. The quantitative estimate of drug-likeness (QED) is 0.862. The van der Waals surface area contributed by atoms with Crippen LogP contribution in [-0.4, -0.2) is 25.9 Å². The van der Waals surface area contributed by atoms with E-state index in [1.54, 1.807) is 0 Å². The predicted octanol–water partition coefficient (Wildman–Crippen LogP) is 1.86. The van der Waals surface area contributed by atoms with Gasteiger partial charge in [-0.3, -0.25) is 9.25 Å². The number of aryl methyl sites for hydroxylation is 2. The third-order valence-corrected chi connectivity index (χ3v) is 3.79. The molecule has 3 rings (SSSR count). The van der Waals surface area contributed by atoms with Crippen LogP contribution in [0, 0.1) is 6.92 Å². The van der Waals surface area contributed by atoms with Gasteiger partial charge in [0.2, 0.25) is 0 Å². The van der Waals surface area contributed by atoms with E-state index in [4.69, 9.17) is 4.98 Å². The van der Waals surface area contributed by atoms with Crippen LogP contribution < -0.4 is 5.32 Å². The lowest BCUT2D eigenvalue weighted by atomic mass is 9.95. The zero-order valence-corrected chi connectivity index (χ0v) is 13.0. The van der Waals surface area contributed by atoms with Crippen molar-refractivity contribution in [2.45, 2.75) is 46.1 Å². The van der Waals surface area contributed by atoms with E-state index in [2.05, 4.69) is 48.9 Å². The normalized spacial score (nSPS) is 15.4. The molecule has 0 aliphatic carbocycles. The molecular weight excluding hydrogens is 250 g/mol. The smallest absolute Gasteiger partial charge is 0.119 e. The molecule has 2 aromatic rings. The monoisotopic (exact) mass is 273 g/mol. The molecule has 108 valence electrons. The SMILES string of the molecule is Cc1nn(C)cc1-n1c(C(C)(C)C)nc2c1CCNC2. The first kappa shape index (κ1) is 13.4. The first-order chi connectivity index (χ1) is 9.38. The molecule has 0 bridgehead atoms. The third-order valence-electron chi connectivity index (χ3n) is 3.79. The summed E-state index contributed by atoms with van der Waals surface area (Å²) >= 11 is 0. The highest BCUT2D eigenvalue weighted by molar-refractivity contribution is 5.41. The Morgan fingerprint density at radius 2 is 2.05 bits per heavy atom. The van der Waals surface area contributed by atoms with Gasteiger partial charge in [0.15, 0.2) is 0 Å². The molecule has 0 fully saturated rings. The van der Waals surface area contributed by atoms with E-state index in [0.29, 0.717) is 0 Å². The summed E-state index contributed by atoms with van der Waals surface area (Å²) in [6.07, 6.45) is 3.11. The van der Waals surface area contributed by atoms with E-state index in [1.165, 1.54) is 11.4 Å². The Hall–Kier alpha value is -1.62. The van der Waals surface area contributed by atoms with Crippen molar-refractivity contribution >= 4 is 0 Å². The second kappa shape index (κ2) is 4.45. The van der Waals surface area contributed by atoms with Crippen LogP contribution in [0.1, 0.15) is 43.7 Å². The summed E-state index contributed by atoms with van der Waals surface area (Å²) in [5.74, 6) is 1.13. The van der Waals surface area contributed by atoms with Gasteiger partial charge in [-0.25, -0.2) is 4.98 Å². The van der Waals surface area contributed by atoms with Crippen molar-refractivity contribution in [1.82, 2.24) is 24.6 Å². The first-order valence-corrected chi connectivity index (χ1v) is 7.20. The summed E-state index contributed by atoms with van der Waals surface area (Å²) in [5.41, 5.74) is 4.75. The number of nitrogens with one attached hydrogen (secondary N) is 1. The summed E-state index contributed by atoms with van der Waals surface area (Å²) in [5, 5.41) is 7.90. The Morgan fingerprint density at radius 1 is 1.30 bits per heavy atom. The number of hydrogen-bond donors (Lipinski definition) is 1. The summed E-state index contributed by atoms with van der Waals surface area (Å²) in [6.45, 7) is 10.6. The summed E-state index contributed by atoms with van der Waals surface area (Å²) in [4.78, 5) is 4.91. The molecule has 0 saturated carbocycles. The first-order valence-electron chi connectivity index (χ1n) is 7.20. The highest BCUT2D eigenvalue weighted by atomic mass is 15.3. The van der Waals surface area contributed by atoms with Crippen LogP contribution in [-0.2, 0) is 25.4 Å². The van der Waals surface area contributed by atoms with Gasteiger partial charge in [-0.05, 0) is 6.92 Å². The number of nitrogens with zero attached hydrogens (tertiary/aromatic N) is 4. The molecule has 3 heterocycles. The van der Waals surface area contributed by atoms with Gasteiger partial charge in [-0.1, -0.05) is 20.8 Å². The molecule has 0 spiro atoms. The fourth-order valence-electron chi connectivity index (χ4n) is 2.88. The predicted molar refractivity (Wildman–Crippen MR) is 79.2 cm³/mol. The van der Waals surface area contributed by atoms with E-state index >= 15 is 0 Å². The Balaban J connectivity index is 2.27. The van der Waals surface area contributed by atoms with E-state index in [9.17, 15) is 0 Å². The molecule has 5 heteroatoms. The molecule has 0 atom stereocenters. The Morgan fingerprint density at radius 3 is 2.65 bits per heavy atom. The molecule has 5 nitrogen and oxygen atoms in total. The molecular formula is C15H23N5. The Bertz CT molecular complexity index is 642. The number of aromatic nitrogens is 4. The lowest BCUT2D eigenvalue weighted by Gasteiger charge is -2.21. The Kier molecular flexibility index (Phi) is 2.97. The summed E-state index contributed by atoms with van der Waals surface area (Å²) in [6, 6.07) is 0. The molecule has 0 unspecified atom stereocenters. The topological polar surface area (TPSA) is 47.7 Å². The molecule has 0 aromatic carbocycles. The second-order valence-electron chi connectivity index (χ2n) is 6.61. The van der Waals surface area contributed by atoms with Gasteiger partial charge in [0.25, 0.3) is 0 Å². The van der Waals surface area contributed by atoms with E-state index in [0.717, 1.165) is 36.7 Å². The second-order valence-corrected chi connectivity index (χ2v) is 6.61. The van der Waals surface area contributed by atoms with Crippen molar-refractivity contribution in [2.75, 3.05) is 6.54 Å². The minimum atomic E-state index is 0.0135. The van der Waals surface area contributed by atoms with Crippen LogP contribution in [0.25, 0.3) is 5.69 Å². The fraction of sp³-hybridized carbons (Fsp3) is 0.600. The standard InChI is InChI=1S/C15H23N5/c1-10-13(9-19(5)18-10)20-12-6-7-16-8-11(12)17-14(20)15(2,3)4/h9,16H,6-8H2,1-5H3. The number of rotatable bonds is 1. The maximum Gasteiger partial charge on any atom is 0.119 e. The van der Waals surface area contributed by atoms with Crippen LogP contribution >= 0.6 is 0 Å². The molecule has 1 aliphatic heterocycles. The molecule has 0 amide bonds. The number of fused-ring (bicyclic) bond motifs is 1. The van der Waals surface area contributed by atoms with E-state index < -0.39 is 0 Å².